The Morgan fingerprint density at radius 2 is 1.06 bits per heavy atom. The molecule has 4 aromatic carbocycles. The number of aromatic carboxylic acids is 1. The van der Waals surface area contributed by atoms with Crippen molar-refractivity contribution in [3.63, 3.8) is 0 Å². The first-order valence-electron chi connectivity index (χ1n) is 26.0. The van der Waals surface area contributed by atoms with Gasteiger partial charge in [0, 0.05) is 93.4 Å². The fourth-order valence-corrected chi connectivity index (χ4v) is 10.0. The van der Waals surface area contributed by atoms with Crippen LogP contribution in [0.3, 0.4) is 0 Å². The van der Waals surface area contributed by atoms with Crippen LogP contribution in [0.1, 0.15) is 44.1 Å². The third kappa shape index (κ3) is 10.7. The molecule has 0 aliphatic carbocycles. The number of amides is 1. The van der Waals surface area contributed by atoms with E-state index in [1.807, 2.05) is 146 Å². The molecule has 0 saturated heterocycles. The first kappa shape index (κ1) is 54.6. The summed E-state index contributed by atoms with van der Waals surface area (Å²) in [7, 11) is 11.2. The van der Waals surface area contributed by atoms with Crippen molar-refractivity contribution in [3.05, 3.63) is 132 Å². The summed E-state index contributed by atoms with van der Waals surface area (Å²) in [5, 5.41) is 25.8. The van der Waals surface area contributed by atoms with Crippen LogP contribution in [0.4, 0.5) is 0 Å². The Hall–Kier alpha value is -9.70. The molecule has 21 heteroatoms. The maximum absolute atomic E-state index is 13.2. The summed E-state index contributed by atoms with van der Waals surface area (Å²) in [5.74, 6) is 0.916. The summed E-state index contributed by atoms with van der Waals surface area (Å²) in [6.45, 7) is 10.4. The first-order chi connectivity index (χ1) is 39.1. The second kappa shape index (κ2) is 22.9. The summed E-state index contributed by atoms with van der Waals surface area (Å²) in [6.07, 6.45) is 3.45. The monoisotopic (exact) mass is 1090 g/mol. The van der Waals surface area contributed by atoms with Crippen molar-refractivity contribution in [2.45, 2.75) is 27.7 Å². The van der Waals surface area contributed by atoms with E-state index >= 15 is 0 Å². The van der Waals surface area contributed by atoms with Crippen LogP contribution >= 0.6 is 0 Å². The number of hydrogen-bond donors (Lipinski definition) is 5. The van der Waals surface area contributed by atoms with Gasteiger partial charge in [0.25, 0.3) is 5.91 Å². The number of carboxylic acids is 1. The average Bonchev–Trinajstić information content (AvgIpc) is 4.44. The summed E-state index contributed by atoms with van der Waals surface area (Å²) in [4.78, 5) is 63.2. The number of carbonyl (C=O) groups excluding carboxylic acids is 1. The number of nitrogens with one attached hydrogen (secondary N) is 3. The molecule has 0 atom stereocenters. The molecule has 8 aromatic heterocycles. The average molecular weight is 1090 g/mol. The topological polar surface area (TPSA) is 278 Å². The van der Waals surface area contributed by atoms with Crippen molar-refractivity contribution >= 4 is 77.6 Å². The predicted octanol–water partition coefficient (Wildman–Crippen LogP) is 9.71. The van der Waals surface area contributed by atoms with Gasteiger partial charge in [-0.15, -0.1) is 0 Å². The van der Waals surface area contributed by atoms with Gasteiger partial charge in [-0.2, -0.15) is 0 Å². The number of methoxy groups -OCH3 is 2. The Morgan fingerprint density at radius 3 is 1.47 bits per heavy atom. The number of benzene rings is 4. The van der Waals surface area contributed by atoms with Gasteiger partial charge in [-0.3, -0.25) is 14.8 Å². The highest BCUT2D eigenvalue weighted by Crippen LogP contribution is 2.44. The summed E-state index contributed by atoms with van der Waals surface area (Å²) in [5.41, 5.74) is 17.0. The summed E-state index contributed by atoms with van der Waals surface area (Å²) in [6, 6.07) is 27.1. The number of carboxylic acid groups (broad SMARTS) is 1. The van der Waals surface area contributed by atoms with Gasteiger partial charge in [0.2, 0.25) is 11.6 Å². The number of rotatable bonds is 13. The number of aromatic amines is 2. The fraction of sp³-hybridized carbons (Fsp3) is 0.233. The molecule has 81 heavy (non-hydrogen) atoms. The van der Waals surface area contributed by atoms with Gasteiger partial charge in [-0.1, -0.05) is 46.7 Å². The van der Waals surface area contributed by atoms with Gasteiger partial charge < -0.3 is 54.4 Å². The molecule has 0 bridgehead atoms. The number of fused-ring (bicyclic) bond motifs is 8. The second-order valence-electron chi connectivity index (χ2n) is 19.8. The zero-order chi connectivity index (χ0) is 57.2. The van der Waals surface area contributed by atoms with Crippen molar-refractivity contribution in [1.82, 2.24) is 65.3 Å². The normalized spacial score (nSPS) is 11.5. The molecule has 0 fully saturated rings. The van der Waals surface area contributed by atoms with Crippen molar-refractivity contribution in [2.24, 2.45) is 5.73 Å². The number of para-hydroxylation sites is 2. The molecule has 12 rings (SSSR count). The van der Waals surface area contributed by atoms with Gasteiger partial charge in [-0.25, -0.2) is 24.7 Å². The number of H-pyrrole nitrogens is 2. The van der Waals surface area contributed by atoms with Crippen molar-refractivity contribution in [2.75, 3.05) is 68.6 Å². The third-order valence-corrected chi connectivity index (χ3v) is 13.8. The van der Waals surface area contributed by atoms with E-state index in [-0.39, 0.29) is 17.6 Å². The number of nitrogens with two attached hydrogens (primary N) is 1. The van der Waals surface area contributed by atoms with E-state index in [4.69, 9.17) is 29.2 Å². The van der Waals surface area contributed by atoms with Gasteiger partial charge in [-0.05, 0) is 104 Å². The lowest BCUT2D eigenvalue weighted by Crippen LogP contribution is -2.32. The Morgan fingerprint density at radius 1 is 0.605 bits per heavy atom. The molecule has 0 aliphatic heterocycles. The molecule has 6 N–H and O–H groups in total. The quantitative estimate of drug-likeness (QED) is 0.0718. The summed E-state index contributed by atoms with van der Waals surface area (Å²) >= 11 is 0. The van der Waals surface area contributed by atoms with E-state index < -0.39 is 5.97 Å². The molecule has 12 aromatic rings. The minimum absolute atomic E-state index is 0.0895. The zero-order valence-electron chi connectivity index (χ0n) is 46.5. The smallest absolute Gasteiger partial charge is 0.374 e. The van der Waals surface area contributed by atoms with E-state index in [2.05, 4.69) is 55.4 Å². The Labute approximate surface area is 464 Å². The van der Waals surface area contributed by atoms with Crippen LogP contribution in [0.15, 0.2) is 106 Å². The van der Waals surface area contributed by atoms with E-state index in [1.165, 1.54) is 0 Å². The standard InChI is InChI=1S/C30H29N7O3.C26H19N5O4.C4H12N2/c1-16-25(17(2)40-36-16)21-14-23-20(15-24(21)39-5)26-27(19-10-11-31-22-9-7-6-8-18(19)22)34-29(35-28(26)33-23)30(38)32-12-13-37(3)4;1-12-21(13(2)35-31-12)17-10-19-16(11-20(17)34-3)22-23(29-25(26(32)33)30-24(22)28-19)15-8-9-27-18-7-5-4-6-14(15)18;1-6(2)4-3-5/h6-11,14-15H,12-13H2,1-5H3,(H,32,38)(H,33,34,35);4-11H,1-3H3,(H,32,33)(H,28,29,30);3-5H2,1-2H3. The SMILES string of the molecule is CN(C)CCN.COc1cc2c(cc1-c1c(C)noc1C)[nH]c1nc(C(=O)NCCN(C)C)nc(-c3ccnc4ccccc34)c12.COc1cc2c(cc1-c1c(C)noc1C)[nH]c1nc(C(=O)O)nc(-c3ccnc4ccccc34)c12. The zero-order valence-corrected chi connectivity index (χ0v) is 46.5. The van der Waals surface area contributed by atoms with Crippen LogP contribution in [0, 0.1) is 27.7 Å². The van der Waals surface area contributed by atoms with E-state index in [0.717, 1.165) is 107 Å². The van der Waals surface area contributed by atoms with E-state index in [0.29, 0.717) is 64.2 Å². The highest BCUT2D eigenvalue weighted by Gasteiger charge is 2.26. The highest BCUT2D eigenvalue weighted by molar-refractivity contribution is 6.18. The number of aryl methyl sites for hydroxylation is 4. The second-order valence-corrected chi connectivity index (χ2v) is 19.8. The number of pyridine rings is 2. The van der Waals surface area contributed by atoms with Crippen molar-refractivity contribution in [1.29, 1.82) is 0 Å². The Balaban J connectivity index is 0.000000166. The predicted molar refractivity (Wildman–Crippen MR) is 313 cm³/mol. The number of likely N-dealkylation sites (N-methyl/N-ethyl adjacent to an activating group) is 2. The lowest BCUT2D eigenvalue weighted by molar-refractivity contribution is 0.0683. The van der Waals surface area contributed by atoms with Crippen LogP contribution in [0.25, 0.3) is 110 Å². The molecule has 0 spiro atoms. The number of carbonyl (C=O) groups is 2. The number of aromatic nitrogens is 10. The molecule has 412 valence electrons. The first-order valence-corrected chi connectivity index (χ1v) is 26.0. The molecule has 0 saturated carbocycles. The largest absolute Gasteiger partial charge is 0.496 e. The van der Waals surface area contributed by atoms with Gasteiger partial charge in [0.15, 0.2) is 0 Å². The van der Waals surface area contributed by atoms with Crippen LogP contribution < -0.4 is 20.5 Å². The van der Waals surface area contributed by atoms with Gasteiger partial charge >= 0.3 is 5.97 Å². The Kier molecular flexibility index (Phi) is 15.5. The van der Waals surface area contributed by atoms with E-state index in [1.54, 1.807) is 26.6 Å². The molecular formula is C60H60N14O7. The van der Waals surface area contributed by atoms with Gasteiger partial charge in [0.05, 0.1) is 69.9 Å². The van der Waals surface area contributed by atoms with Crippen LogP contribution in [0.5, 0.6) is 11.5 Å². The molecular weight excluding hydrogens is 1030 g/mol. The minimum atomic E-state index is -1.21. The lowest BCUT2D eigenvalue weighted by atomic mass is 9.99. The molecule has 0 radical (unpaired) electrons. The van der Waals surface area contributed by atoms with Crippen molar-refractivity contribution < 1.29 is 33.2 Å². The molecule has 21 nitrogen and oxygen atoms in total. The van der Waals surface area contributed by atoms with Crippen LogP contribution in [-0.2, 0) is 0 Å². The minimum Gasteiger partial charge on any atom is -0.496 e. The lowest BCUT2D eigenvalue weighted by Gasteiger charge is -2.12. The maximum atomic E-state index is 13.2. The molecule has 0 unspecified atom stereocenters. The highest BCUT2D eigenvalue weighted by atomic mass is 16.5. The molecule has 0 aliphatic rings. The van der Waals surface area contributed by atoms with Crippen molar-refractivity contribution in [3.8, 4) is 56.3 Å². The number of nitrogens with zero attached hydrogens (tertiary/aromatic N) is 10. The van der Waals surface area contributed by atoms with Crippen LogP contribution in [-0.4, -0.2) is 146 Å². The number of hydrogen-bond acceptors (Lipinski definition) is 17. The number of ether oxygens (including phenoxy) is 2. The molecule has 8 heterocycles. The Bertz CT molecular complexity index is 4300. The summed E-state index contributed by atoms with van der Waals surface area (Å²) < 4.78 is 22.4. The van der Waals surface area contributed by atoms with E-state index in [9.17, 15) is 14.7 Å². The van der Waals surface area contributed by atoms with Crippen LogP contribution in [0.2, 0.25) is 0 Å². The van der Waals surface area contributed by atoms with Gasteiger partial charge in [0.1, 0.15) is 34.3 Å². The maximum Gasteiger partial charge on any atom is 0.374 e. The molecule has 1 amide bonds. The third-order valence-electron chi connectivity index (χ3n) is 13.8. The fourth-order valence-electron chi connectivity index (χ4n) is 10.0.